The summed E-state index contributed by atoms with van der Waals surface area (Å²) in [4.78, 5) is 0. The zero-order chi connectivity index (χ0) is 13.7. The van der Waals surface area contributed by atoms with Crippen LogP contribution in [0.2, 0.25) is 0 Å². The summed E-state index contributed by atoms with van der Waals surface area (Å²) < 4.78 is 0. The van der Waals surface area contributed by atoms with Gasteiger partial charge in [0.25, 0.3) is 0 Å². The van der Waals surface area contributed by atoms with Crippen molar-refractivity contribution in [1.82, 2.24) is 0 Å². The number of nitrogens with zero attached hydrogens (tertiary/aromatic N) is 3. The summed E-state index contributed by atoms with van der Waals surface area (Å²) in [6, 6.07) is 6.21. The smallest absolute Gasteiger partial charge is 0.102 e. The molecule has 0 aliphatic heterocycles. The molecule has 90 valence electrons. The largest absolute Gasteiger partial charge is 0.192 e. The fourth-order valence-electron chi connectivity index (χ4n) is 2.48. The normalized spacial score (nSPS) is 9.33. The SMILES string of the molecule is CCc1c(C#N)c(C#N)c(C#N)c(CC)c1CC. The molecule has 3 nitrogen and oxygen atoms in total. The summed E-state index contributed by atoms with van der Waals surface area (Å²) in [7, 11) is 0. The van der Waals surface area contributed by atoms with Gasteiger partial charge < -0.3 is 0 Å². The molecule has 0 fully saturated rings. The first-order chi connectivity index (χ1) is 8.69. The van der Waals surface area contributed by atoms with Crippen molar-refractivity contribution in [3.63, 3.8) is 0 Å². The molecule has 0 saturated heterocycles. The number of benzene rings is 1. The summed E-state index contributed by atoms with van der Waals surface area (Å²) in [6.45, 7) is 5.96. The van der Waals surface area contributed by atoms with Gasteiger partial charge in [-0.25, -0.2) is 0 Å². The lowest BCUT2D eigenvalue weighted by Crippen LogP contribution is -2.08. The summed E-state index contributed by atoms with van der Waals surface area (Å²) in [5.41, 5.74) is 3.91. The Morgan fingerprint density at radius 1 is 0.611 bits per heavy atom. The van der Waals surface area contributed by atoms with Gasteiger partial charge in [0.05, 0.1) is 16.7 Å². The molecule has 0 amide bonds. The second kappa shape index (κ2) is 5.85. The molecular weight excluding hydrogens is 222 g/mol. The van der Waals surface area contributed by atoms with Gasteiger partial charge in [-0.1, -0.05) is 20.8 Å². The Kier molecular flexibility index (Phi) is 4.47. The van der Waals surface area contributed by atoms with Crippen LogP contribution in [0.4, 0.5) is 0 Å². The van der Waals surface area contributed by atoms with Crippen LogP contribution in [-0.2, 0) is 19.3 Å². The van der Waals surface area contributed by atoms with Gasteiger partial charge in [0, 0.05) is 0 Å². The molecular formula is C15H15N3. The van der Waals surface area contributed by atoms with E-state index in [0.29, 0.717) is 24.0 Å². The van der Waals surface area contributed by atoms with Crippen LogP contribution < -0.4 is 0 Å². The lowest BCUT2D eigenvalue weighted by molar-refractivity contribution is 0.967. The van der Waals surface area contributed by atoms with E-state index in [2.05, 4.69) is 12.1 Å². The van der Waals surface area contributed by atoms with Crippen LogP contribution in [0.3, 0.4) is 0 Å². The van der Waals surface area contributed by atoms with E-state index in [-0.39, 0.29) is 5.56 Å². The first-order valence-electron chi connectivity index (χ1n) is 6.10. The lowest BCUT2D eigenvalue weighted by Gasteiger charge is -2.16. The molecule has 3 heteroatoms. The quantitative estimate of drug-likeness (QED) is 0.811. The highest BCUT2D eigenvalue weighted by Gasteiger charge is 2.21. The Morgan fingerprint density at radius 3 is 1.17 bits per heavy atom. The fraction of sp³-hybridized carbons (Fsp3) is 0.400. The maximum absolute atomic E-state index is 9.25. The Bertz CT molecular complexity index is 549. The molecule has 0 spiro atoms. The van der Waals surface area contributed by atoms with Crippen LogP contribution in [0.5, 0.6) is 0 Å². The van der Waals surface area contributed by atoms with Gasteiger partial charge in [0.15, 0.2) is 0 Å². The highest BCUT2D eigenvalue weighted by atomic mass is 14.3. The number of hydrogen-bond donors (Lipinski definition) is 0. The van der Waals surface area contributed by atoms with Crippen molar-refractivity contribution in [1.29, 1.82) is 15.8 Å². The minimum Gasteiger partial charge on any atom is -0.192 e. The average Bonchev–Trinajstić information content (AvgIpc) is 2.43. The van der Waals surface area contributed by atoms with Crippen molar-refractivity contribution in [3.05, 3.63) is 33.4 Å². The van der Waals surface area contributed by atoms with Gasteiger partial charge in [0.1, 0.15) is 18.2 Å². The van der Waals surface area contributed by atoms with E-state index in [0.717, 1.165) is 23.1 Å². The highest BCUT2D eigenvalue weighted by Crippen LogP contribution is 2.28. The third-order valence-electron chi connectivity index (χ3n) is 3.23. The summed E-state index contributed by atoms with van der Waals surface area (Å²) in [5.74, 6) is 0. The minimum atomic E-state index is 0.242. The molecule has 0 aliphatic rings. The second-order valence-electron chi connectivity index (χ2n) is 3.96. The van der Waals surface area contributed by atoms with Crippen molar-refractivity contribution in [2.75, 3.05) is 0 Å². The molecule has 0 atom stereocenters. The molecule has 0 N–H and O–H groups in total. The standard InChI is InChI=1S/C15H15N3/c1-4-10-11(5-2)13(7-16)15(9-18)14(8-17)12(10)6-3/h4-6H2,1-3H3. The zero-order valence-corrected chi connectivity index (χ0v) is 11.0. The summed E-state index contributed by atoms with van der Waals surface area (Å²) >= 11 is 0. The van der Waals surface area contributed by atoms with Crippen LogP contribution in [0, 0.1) is 34.0 Å². The molecule has 0 radical (unpaired) electrons. The van der Waals surface area contributed by atoms with Crippen LogP contribution in [0.1, 0.15) is 54.2 Å². The molecule has 0 unspecified atom stereocenters. The number of hydrogen-bond acceptors (Lipinski definition) is 3. The second-order valence-corrected chi connectivity index (χ2v) is 3.96. The Morgan fingerprint density at radius 2 is 0.944 bits per heavy atom. The first-order valence-corrected chi connectivity index (χ1v) is 6.10. The van der Waals surface area contributed by atoms with E-state index < -0.39 is 0 Å². The van der Waals surface area contributed by atoms with Gasteiger partial charge in [0.2, 0.25) is 0 Å². The first kappa shape index (κ1) is 13.8. The summed E-state index contributed by atoms with van der Waals surface area (Å²) in [5, 5.41) is 27.7. The maximum atomic E-state index is 9.25. The van der Waals surface area contributed by atoms with Gasteiger partial charge in [-0.15, -0.1) is 0 Å². The predicted octanol–water partition coefficient (Wildman–Crippen LogP) is 2.99. The van der Waals surface area contributed by atoms with Crippen LogP contribution in [0.15, 0.2) is 0 Å². The van der Waals surface area contributed by atoms with Crippen molar-refractivity contribution in [3.8, 4) is 18.2 Å². The maximum Gasteiger partial charge on any atom is 0.102 e. The summed E-state index contributed by atoms with van der Waals surface area (Å²) in [6.07, 6.45) is 2.19. The van der Waals surface area contributed by atoms with Crippen LogP contribution >= 0.6 is 0 Å². The topological polar surface area (TPSA) is 71.4 Å². The van der Waals surface area contributed by atoms with E-state index in [9.17, 15) is 15.8 Å². The molecule has 1 aromatic carbocycles. The molecule has 1 rings (SSSR count). The van der Waals surface area contributed by atoms with E-state index in [4.69, 9.17) is 0 Å². The number of nitriles is 3. The van der Waals surface area contributed by atoms with Crippen molar-refractivity contribution in [2.45, 2.75) is 40.0 Å². The Labute approximate surface area is 108 Å². The molecule has 1 aromatic rings. The van der Waals surface area contributed by atoms with Crippen molar-refractivity contribution in [2.24, 2.45) is 0 Å². The van der Waals surface area contributed by atoms with Crippen molar-refractivity contribution < 1.29 is 0 Å². The molecule has 0 aromatic heterocycles. The molecule has 0 aliphatic carbocycles. The third-order valence-corrected chi connectivity index (χ3v) is 3.23. The van der Waals surface area contributed by atoms with E-state index in [1.54, 1.807) is 0 Å². The monoisotopic (exact) mass is 237 g/mol. The Balaban J connectivity index is 3.95. The predicted molar refractivity (Wildman–Crippen MR) is 68.7 cm³/mol. The van der Waals surface area contributed by atoms with E-state index in [1.807, 2.05) is 26.8 Å². The van der Waals surface area contributed by atoms with Crippen molar-refractivity contribution >= 4 is 0 Å². The van der Waals surface area contributed by atoms with Gasteiger partial charge in [-0.2, -0.15) is 15.8 Å². The fourth-order valence-corrected chi connectivity index (χ4v) is 2.48. The third kappa shape index (κ3) is 1.94. The average molecular weight is 237 g/mol. The van der Waals surface area contributed by atoms with Gasteiger partial charge >= 0.3 is 0 Å². The van der Waals surface area contributed by atoms with Gasteiger partial charge in [-0.05, 0) is 36.0 Å². The number of rotatable bonds is 3. The lowest BCUT2D eigenvalue weighted by atomic mass is 9.84. The van der Waals surface area contributed by atoms with Crippen LogP contribution in [-0.4, -0.2) is 0 Å². The van der Waals surface area contributed by atoms with Crippen LogP contribution in [0.25, 0.3) is 0 Å². The zero-order valence-electron chi connectivity index (χ0n) is 11.0. The van der Waals surface area contributed by atoms with Gasteiger partial charge in [-0.3, -0.25) is 0 Å². The minimum absolute atomic E-state index is 0.242. The molecule has 0 heterocycles. The highest BCUT2D eigenvalue weighted by molar-refractivity contribution is 5.64. The van der Waals surface area contributed by atoms with E-state index in [1.165, 1.54) is 0 Å². The molecule has 0 bridgehead atoms. The molecule has 18 heavy (non-hydrogen) atoms. The van der Waals surface area contributed by atoms with E-state index >= 15 is 0 Å². The Hall–Kier alpha value is -2.31. The molecule has 0 saturated carbocycles.